The fourth-order valence-corrected chi connectivity index (χ4v) is 2.03. The molecule has 0 unspecified atom stereocenters. The van der Waals surface area contributed by atoms with Crippen LogP contribution < -0.4 is 9.47 Å². The first-order chi connectivity index (χ1) is 9.31. The smallest absolute Gasteiger partial charge is 0.231 e. The van der Waals surface area contributed by atoms with Gasteiger partial charge in [0, 0.05) is 5.56 Å². The summed E-state index contributed by atoms with van der Waals surface area (Å²) in [6.07, 6.45) is 9.48. The van der Waals surface area contributed by atoms with E-state index in [-0.39, 0.29) is 12.6 Å². The molecule has 0 N–H and O–H groups in total. The first-order valence-corrected chi connectivity index (χ1v) is 6.92. The summed E-state index contributed by atoms with van der Waals surface area (Å²) >= 11 is 0. The number of carbonyl (C=O) groups excluding carboxylic acids is 1. The summed E-state index contributed by atoms with van der Waals surface area (Å²) < 4.78 is 10.5. The quantitative estimate of drug-likeness (QED) is 0.420. The second-order valence-corrected chi connectivity index (χ2v) is 4.68. The van der Waals surface area contributed by atoms with Crippen molar-refractivity contribution in [3.05, 3.63) is 35.9 Å². The number of ketones is 1. The van der Waals surface area contributed by atoms with Crippen molar-refractivity contribution in [2.24, 2.45) is 0 Å². The molecule has 0 fully saturated rings. The standard InChI is InChI=1S/C16H20O3/c1-2-3-4-5-6-7-8-14(17)13-9-10-15-16(11-13)19-12-18-15/h7-11H,2-6,12H2,1H3/b8-7+. The van der Waals surface area contributed by atoms with Crippen LogP contribution in [0.1, 0.15) is 49.4 Å². The van der Waals surface area contributed by atoms with Gasteiger partial charge in [-0.2, -0.15) is 0 Å². The topological polar surface area (TPSA) is 35.5 Å². The number of ether oxygens (including phenoxy) is 2. The molecule has 1 heterocycles. The molecular formula is C16H20O3. The number of benzene rings is 1. The van der Waals surface area contributed by atoms with Crippen LogP contribution >= 0.6 is 0 Å². The summed E-state index contributed by atoms with van der Waals surface area (Å²) in [7, 11) is 0. The number of rotatable bonds is 7. The van der Waals surface area contributed by atoms with Crippen LogP contribution in [0.15, 0.2) is 30.4 Å². The van der Waals surface area contributed by atoms with Crippen molar-refractivity contribution in [2.45, 2.75) is 39.0 Å². The minimum absolute atomic E-state index is 0.0220. The molecule has 0 saturated heterocycles. The minimum atomic E-state index is 0.0220. The lowest BCUT2D eigenvalue weighted by atomic mass is 10.1. The molecule has 0 amide bonds. The third-order valence-electron chi connectivity index (χ3n) is 3.15. The highest BCUT2D eigenvalue weighted by Gasteiger charge is 2.14. The lowest BCUT2D eigenvalue weighted by molar-refractivity contribution is 0.104. The molecule has 0 saturated carbocycles. The van der Waals surface area contributed by atoms with E-state index in [1.54, 1.807) is 24.3 Å². The van der Waals surface area contributed by atoms with E-state index in [4.69, 9.17) is 9.47 Å². The molecule has 1 aliphatic rings. The molecular weight excluding hydrogens is 240 g/mol. The lowest BCUT2D eigenvalue weighted by Gasteiger charge is -1.99. The molecule has 0 aromatic heterocycles. The average molecular weight is 260 g/mol. The van der Waals surface area contributed by atoms with Gasteiger partial charge in [0.1, 0.15) is 0 Å². The number of unbranched alkanes of at least 4 members (excludes halogenated alkanes) is 4. The van der Waals surface area contributed by atoms with Crippen molar-refractivity contribution in [3.8, 4) is 11.5 Å². The molecule has 0 bridgehead atoms. The highest BCUT2D eigenvalue weighted by Crippen LogP contribution is 2.32. The number of hydrogen-bond acceptors (Lipinski definition) is 3. The SMILES string of the molecule is CCCCCC/C=C/C(=O)c1ccc2c(c1)OCO2. The Morgan fingerprint density at radius 1 is 1.21 bits per heavy atom. The Morgan fingerprint density at radius 3 is 2.89 bits per heavy atom. The molecule has 0 aliphatic carbocycles. The van der Waals surface area contributed by atoms with Gasteiger partial charge in [0.15, 0.2) is 17.3 Å². The number of allylic oxidation sites excluding steroid dienone is 2. The van der Waals surface area contributed by atoms with E-state index in [1.807, 2.05) is 6.08 Å². The summed E-state index contributed by atoms with van der Waals surface area (Å²) in [6, 6.07) is 5.30. The Bertz CT molecular complexity index is 463. The van der Waals surface area contributed by atoms with Gasteiger partial charge < -0.3 is 9.47 Å². The van der Waals surface area contributed by atoms with Crippen molar-refractivity contribution < 1.29 is 14.3 Å². The third-order valence-corrected chi connectivity index (χ3v) is 3.15. The van der Waals surface area contributed by atoms with Gasteiger partial charge >= 0.3 is 0 Å². The van der Waals surface area contributed by atoms with E-state index in [1.165, 1.54) is 19.3 Å². The summed E-state index contributed by atoms with van der Waals surface area (Å²) in [5, 5.41) is 0. The van der Waals surface area contributed by atoms with Gasteiger partial charge in [0.05, 0.1) is 0 Å². The second kappa shape index (κ2) is 6.98. The highest BCUT2D eigenvalue weighted by molar-refractivity contribution is 6.04. The van der Waals surface area contributed by atoms with Crippen LogP contribution in [0.2, 0.25) is 0 Å². The van der Waals surface area contributed by atoms with E-state index in [0.29, 0.717) is 17.1 Å². The van der Waals surface area contributed by atoms with Crippen molar-refractivity contribution in [1.29, 1.82) is 0 Å². The second-order valence-electron chi connectivity index (χ2n) is 4.68. The maximum absolute atomic E-state index is 12.0. The molecule has 1 aromatic carbocycles. The molecule has 102 valence electrons. The monoisotopic (exact) mass is 260 g/mol. The maximum Gasteiger partial charge on any atom is 0.231 e. The summed E-state index contributed by atoms with van der Waals surface area (Å²) in [6.45, 7) is 2.43. The van der Waals surface area contributed by atoms with E-state index < -0.39 is 0 Å². The zero-order valence-electron chi connectivity index (χ0n) is 11.4. The average Bonchev–Trinajstić information content (AvgIpc) is 2.89. The Kier molecular flexibility index (Phi) is 5.01. The normalized spacial score (nSPS) is 13.1. The Labute approximate surface area is 114 Å². The fourth-order valence-electron chi connectivity index (χ4n) is 2.03. The van der Waals surface area contributed by atoms with Crippen LogP contribution in [0.5, 0.6) is 11.5 Å². The molecule has 2 rings (SSSR count). The predicted octanol–water partition coefficient (Wildman–Crippen LogP) is 4.12. The molecule has 0 spiro atoms. The van der Waals surface area contributed by atoms with E-state index in [2.05, 4.69) is 6.92 Å². The Morgan fingerprint density at radius 2 is 2.05 bits per heavy atom. The molecule has 0 radical (unpaired) electrons. The fraction of sp³-hybridized carbons (Fsp3) is 0.438. The minimum Gasteiger partial charge on any atom is -0.454 e. The zero-order valence-corrected chi connectivity index (χ0v) is 11.4. The van der Waals surface area contributed by atoms with Gasteiger partial charge in [-0.1, -0.05) is 32.3 Å². The van der Waals surface area contributed by atoms with Crippen LogP contribution in [0.25, 0.3) is 0 Å². The van der Waals surface area contributed by atoms with E-state index in [0.717, 1.165) is 12.8 Å². The molecule has 3 nitrogen and oxygen atoms in total. The van der Waals surface area contributed by atoms with Gasteiger partial charge in [-0.3, -0.25) is 4.79 Å². The molecule has 3 heteroatoms. The molecule has 19 heavy (non-hydrogen) atoms. The summed E-state index contributed by atoms with van der Waals surface area (Å²) in [5.74, 6) is 1.39. The zero-order chi connectivity index (χ0) is 13.5. The van der Waals surface area contributed by atoms with E-state index in [9.17, 15) is 4.79 Å². The first kappa shape index (κ1) is 13.7. The summed E-state index contributed by atoms with van der Waals surface area (Å²) in [4.78, 5) is 12.0. The molecule has 1 aromatic rings. The molecule has 1 aliphatic heterocycles. The Hall–Kier alpha value is -1.77. The number of fused-ring (bicyclic) bond motifs is 1. The lowest BCUT2D eigenvalue weighted by Crippen LogP contribution is -1.94. The van der Waals surface area contributed by atoms with Gasteiger partial charge in [-0.05, 0) is 37.1 Å². The van der Waals surface area contributed by atoms with Crippen LogP contribution in [0.4, 0.5) is 0 Å². The van der Waals surface area contributed by atoms with Crippen molar-refractivity contribution >= 4 is 5.78 Å². The number of carbonyl (C=O) groups is 1. The van der Waals surface area contributed by atoms with Crippen LogP contribution in [-0.4, -0.2) is 12.6 Å². The van der Waals surface area contributed by atoms with Crippen LogP contribution in [0, 0.1) is 0 Å². The Balaban J connectivity index is 1.84. The van der Waals surface area contributed by atoms with Crippen LogP contribution in [-0.2, 0) is 0 Å². The van der Waals surface area contributed by atoms with Crippen molar-refractivity contribution in [2.75, 3.05) is 6.79 Å². The predicted molar refractivity (Wildman–Crippen MR) is 74.8 cm³/mol. The van der Waals surface area contributed by atoms with Gasteiger partial charge in [0.25, 0.3) is 0 Å². The first-order valence-electron chi connectivity index (χ1n) is 6.92. The largest absolute Gasteiger partial charge is 0.454 e. The maximum atomic E-state index is 12.0. The van der Waals surface area contributed by atoms with Crippen molar-refractivity contribution in [3.63, 3.8) is 0 Å². The van der Waals surface area contributed by atoms with E-state index >= 15 is 0 Å². The number of hydrogen-bond donors (Lipinski definition) is 0. The molecule has 0 atom stereocenters. The van der Waals surface area contributed by atoms with Gasteiger partial charge in [-0.15, -0.1) is 0 Å². The van der Waals surface area contributed by atoms with Crippen LogP contribution in [0.3, 0.4) is 0 Å². The highest BCUT2D eigenvalue weighted by atomic mass is 16.7. The van der Waals surface area contributed by atoms with Gasteiger partial charge in [-0.25, -0.2) is 0 Å². The van der Waals surface area contributed by atoms with Gasteiger partial charge in [0.2, 0.25) is 6.79 Å². The van der Waals surface area contributed by atoms with Crippen molar-refractivity contribution in [1.82, 2.24) is 0 Å². The third kappa shape index (κ3) is 3.85. The summed E-state index contributed by atoms with van der Waals surface area (Å²) in [5.41, 5.74) is 0.647.